The molecule has 0 fully saturated rings. The van der Waals surface area contributed by atoms with Crippen molar-refractivity contribution < 1.29 is 22.8 Å². The second-order valence-electron chi connectivity index (χ2n) is 4.89. The maximum Gasteiger partial charge on any atom is 0.433 e. The van der Waals surface area contributed by atoms with Crippen LogP contribution in [0.15, 0.2) is 30.5 Å². The molecule has 6 nitrogen and oxygen atoms in total. The van der Waals surface area contributed by atoms with E-state index in [9.17, 15) is 22.8 Å². The molecule has 1 heterocycles. The molecule has 0 saturated carbocycles. The first-order valence-electron chi connectivity index (χ1n) is 6.44. The first-order valence-corrected chi connectivity index (χ1v) is 6.44. The Hall–Kier alpha value is -2.84. The molecule has 122 valence electrons. The highest BCUT2D eigenvalue weighted by atomic mass is 19.4. The summed E-state index contributed by atoms with van der Waals surface area (Å²) in [6.07, 6.45) is -3.90. The number of hydrogen-bond donors (Lipinski definition) is 2. The van der Waals surface area contributed by atoms with Gasteiger partial charge in [-0.3, -0.25) is 14.7 Å². The van der Waals surface area contributed by atoms with Crippen LogP contribution in [0.25, 0.3) is 0 Å². The van der Waals surface area contributed by atoms with Crippen LogP contribution >= 0.6 is 0 Å². The molecule has 2 amide bonds. The van der Waals surface area contributed by atoms with Gasteiger partial charge in [0.05, 0.1) is 11.8 Å². The van der Waals surface area contributed by atoms with E-state index in [1.54, 1.807) is 19.2 Å². The number of alkyl halides is 3. The van der Waals surface area contributed by atoms with Crippen molar-refractivity contribution in [2.45, 2.75) is 6.18 Å². The summed E-state index contributed by atoms with van der Waals surface area (Å²) in [5, 5.41) is 7.34. The Morgan fingerprint density at radius 2 is 1.78 bits per heavy atom. The van der Waals surface area contributed by atoms with Crippen LogP contribution in [0.4, 0.5) is 18.9 Å². The number of aromatic nitrogens is 2. The number of nitrogens with one attached hydrogen (secondary N) is 2. The Morgan fingerprint density at radius 3 is 2.30 bits per heavy atom. The van der Waals surface area contributed by atoms with Crippen molar-refractivity contribution in [3.8, 4) is 0 Å². The number of amides is 2. The molecule has 0 saturated heterocycles. The number of carbonyl (C=O) groups is 2. The summed E-state index contributed by atoms with van der Waals surface area (Å²) >= 11 is 0. The fourth-order valence-corrected chi connectivity index (χ4v) is 1.83. The van der Waals surface area contributed by atoms with Crippen molar-refractivity contribution in [2.75, 3.05) is 19.4 Å². The summed E-state index contributed by atoms with van der Waals surface area (Å²) in [7, 11) is 3.19. The van der Waals surface area contributed by atoms with Crippen molar-refractivity contribution in [2.24, 2.45) is 0 Å². The monoisotopic (exact) mass is 326 g/mol. The van der Waals surface area contributed by atoms with Gasteiger partial charge >= 0.3 is 6.18 Å². The minimum atomic E-state index is -4.70. The molecule has 9 heteroatoms. The average molecular weight is 326 g/mol. The molecular formula is C14H13F3N4O2. The largest absolute Gasteiger partial charge is 0.433 e. The molecule has 0 aliphatic heterocycles. The van der Waals surface area contributed by atoms with Crippen LogP contribution in [0.1, 0.15) is 26.4 Å². The van der Waals surface area contributed by atoms with E-state index < -0.39 is 23.3 Å². The summed E-state index contributed by atoms with van der Waals surface area (Å²) < 4.78 is 38.1. The highest BCUT2D eigenvalue weighted by Gasteiger charge is 2.37. The zero-order valence-corrected chi connectivity index (χ0v) is 12.2. The topological polar surface area (TPSA) is 78.1 Å². The molecule has 2 aromatic rings. The van der Waals surface area contributed by atoms with Gasteiger partial charge in [0.25, 0.3) is 11.8 Å². The number of halogens is 3. The standard InChI is InChI=1S/C14H13F3N4O2/c1-21(2)13(23)8-3-5-9(6-4-8)19-12(22)10-7-18-20-11(10)14(15,16)17/h3-7H,1-2H3,(H,18,20)(H,19,22). The van der Waals surface area contributed by atoms with E-state index in [0.717, 1.165) is 6.20 Å². The number of nitrogens with zero attached hydrogens (tertiary/aromatic N) is 2. The Labute approximate surface area is 129 Å². The van der Waals surface area contributed by atoms with Crippen LogP contribution in [0.3, 0.4) is 0 Å². The molecule has 0 bridgehead atoms. The third-order valence-electron chi connectivity index (χ3n) is 2.96. The van der Waals surface area contributed by atoms with Crippen molar-refractivity contribution in [3.05, 3.63) is 47.3 Å². The van der Waals surface area contributed by atoms with E-state index >= 15 is 0 Å². The summed E-state index contributed by atoms with van der Waals surface area (Å²) in [6.45, 7) is 0. The molecule has 0 aliphatic rings. The maximum absolute atomic E-state index is 12.7. The van der Waals surface area contributed by atoms with Gasteiger partial charge in [0.1, 0.15) is 0 Å². The second kappa shape index (κ2) is 6.11. The van der Waals surface area contributed by atoms with Gasteiger partial charge in [-0.05, 0) is 24.3 Å². The molecule has 2 rings (SSSR count). The molecule has 1 aromatic heterocycles. The maximum atomic E-state index is 12.7. The van der Waals surface area contributed by atoms with Crippen LogP contribution in [-0.2, 0) is 6.18 Å². The Balaban J connectivity index is 2.16. The molecule has 0 spiro atoms. The van der Waals surface area contributed by atoms with Gasteiger partial charge in [-0.2, -0.15) is 18.3 Å². The zero-order valence-electron chi connectivity index (χ0n) is 12.2. The molecule has 0 atom stereocenters. The van der Waals surface area contributed by atoms with Gasteiger partial charge in [0, 0.05) is 25.3 Å². The normalized spacial score (nSPS) is 11.2. The van der Waals surface area contributed by atoms with Gasteiger partial charge in [-0.1, -0.05) is 0 Å². The van der Waals surface area contributed by atoms with E-state index in [2.05, 4.69) is 10.4 Å². The van der Waals surface area contributed by atoms with Crippen molar-refractivity contribution >= 4 is 17.5 Å². The lowest BCUT2D eigenvalue weighted by atomic mass is 10.1. The van der Waals surface area contributed by atoms with E-state index in [4.69, 9.17) is 0 Å². The molecular weight excluding hydrogens is 313 g/mol. The minimum absolute atomic E-state index is 0.225. The fourth-order valence-electron chi connectivity index (χ4n) is 1.83. The zero-order chi connectivity index (χ0) is 17.2. The summed E-state index contributed by atoms with van der Waals surface area (Å²) in [6, 6.07) is 5.81. The number of hydrogen-bond acceptors (Lipinski definition) is 3. The summed E-state index contributed by atoms with van der Waals surface area (Å²) in [4.78, 5) is 25.0. The molecule has 0 aliphatic carbocycles. The average Bonchev–Trinajstić information content (AvgIpc) is 2.97. The number of carbonyl (C=O) groups excluding carboxylic acids is 2. The SMILES string of the molecule is CN(C)C(=O)c1ccc(NC(=O)c2cn[nH]c2C(F)(F)F)cc1. The van der Waals surface area contributed by atoms with Gasteiger partial charge in [-0.25, -0.2) is 0 Å². The van der Waals surface area contributed by atoms with E-state index in [-0.39, 0.29) is 11.6 Å². The van der Waals surface area contributed by atoms with Crippen molar-refractivity contribution in [3.63, 3.8) is 0 Å². The third-order valence-corrected chi connectivity index (χ3v) is 2.96. The van der Waals surface area contributed by atoms with Crippen LogP contribution in [0.2, 0.25) is 0 Å². The summed E-state index contributed by atoms with van der Waals surface area (Å²) in [5.41, 5.74) is -1.16. The van der Waals surface area contributed by atoms with E-state index in [1.807, 2.05) is 0 Å². The predicted octanol–water partition coefficient (Wildman–Crippen LogP) is 2.38. The van der Waals surface area contributed by atoms with Gasteiger partial charge in [0.15, 0.2) is 5.69 Å². The van der Waals surface area contributed by atoms with E-state index in [1.165, 1.54) is 29.2 Å². The molecule has 0 radical (unpaired) electrons. The third kappa shape index (κ3) is 3.68. The number of benzene rings is 1. The molecule has 2 N–H and O–H groups in total. The first kappa shape index (κ1) is 16.5. The second-order valence-corrected chi connectivity index (χ2v) is 4.89. The van der Waals surface area contributed by atoms with Crippen molar-refractivity contribution in [1.82, 2.24) is 15.1 Å². The first-order chi connectivity index (χ1) is 10.7. The quantitative estimate of drug-likeness (QED) is 0.909. The molecule has 0 unspecified atom stereocenters. The predicted molar refractivity (Wildman–Crippen MR) is 76.0 cm³/mol. The Bertz CT molecular complexity index is 720. The molecule has 23 heavy (non-hydrogen) atoms. The Kier molecular flexibility index (Phi) is 4.39. The van der Waals surface area contributed by atoms with Crippen LogP contribution in [0, 0.1) is 0 Å². The summed E-state index contributed by atoms with van der Waals surface area (Å²) in [5.74, 6) is -1.17. The van der Waals surface area contributed by atoms with E-state index in [0.29, 0.717) is 5.56 Å². The van der Waals surface area contributed by atoms with Crippen LogP contribution in [0.5, 0.6) is 0 Å². The smallest absolute Gasteiger partial charge is 0.345 e. The highest BCUT2D eigenvalue weighted by molar-refractivity contribution is 6.05. The van der Waals surface area contributed by atoms with Crippen LogP contribution in [-0.4, -0.2) is 41.0 Å². The Morgan fingerprint density at radius 1 is 1.17 bits per heavy atom. The fraction of sp³-hybridized carbons (Fsp3) is 0.214. The number of H-pyrrole nitrogens is 1. The number of aromatic amines is 1. The minimum Gasteiger partial charge on any atom is -0.345 e. The van der Waals surface area contributed by atoms with Crippen LogP contribution < -0.4 is 5.32 Å². The van der Waals surface area contributed by atoms with Gasteiger partial charge in [-0.15, -0.1) is 0 Å². The number of anilines is 1. The number of rotatable bonds is 3. The van der Waals surface area contributed by atoms with Gasteiger partial charge < -0.3 is 10.2 Å². The van der Waals surface area contributed by atoms with Crippen molar-refractivity contribution in [1.29, 1.82) is 0 Å². The lowest BCUT2D eigenvalue weighted by Crippen LogP contribution is -2.21. The molecule has 1 aromatic carbocycles. The van der Waals surface area contributed by atoms with Gasteiger partial charge in [0.2, 0.25) is 0 Å². The lowest BCUT2D eigenvalue weighted by Gasteiger charge is -2.11. The highest BCUT2D eigenvalue weighted by Crippen LogP contribution is 2.30. The lowest BCUT2D eigenvalue weighted by molar-refractivity contribution is -0.141.